The molecule has 0 amide bonds. The van der Waals surface area contributed by atoms with E-state index in [1.165, 1.54) is 0 Å². The van der Waals surface area contributed by atoms with Crippen LogP contribution in [0, 0.1) is 6.92 Å². The van der Waals surface area contributed by atoms with Crippen molar-refractivity contribution in [2.75, 3.05) is 0 Å². The van der Waals surface area contributed by atoms with Crippen molar-refractivity contribution in [1.29, 1.82) is 0 Å². The third-order valence-electron chi connectivity index (χ3n) is 2.46. The summed E-state index contributed by atoms with van der Waals surface area (Å²) in [7, 11) is 0. The molecule has 1 atom stereocenters. The number of hydrogen-bond donors (Lipinski definition) is 1. The lowest BCUT2D eigenvalue weighted by Gasteiger charge is -2.12. The van der Waals surface area contributed by atoms with Crippen LogP contribution in [0.3, 0.4) is 0 Å². The van der Waals surface area contributed by atoms with Crippen molar-refractivity contribution in [3.63, 3.8) is 0 Å². The maximum atomic E-state index is 11.3. The molecule has 3 nitrogen and oxygen atoms in total. The molecule has 2 aromatic carbocycles. The van der Waals surface area contributed by atoms with Gasteiger partial charge in [0.15, 0.2) is 0 Å². The first-order chi connectivity index (χ1) is 8.46. The van der Waals surface area contributed by atoms with E-state index in [9.17, 15) is 9.46 Å². The van der Waals surface area contributed by atoms with Crippen LogP contribution in [-0.4, -0.2) is 4.89 Å². The van der Waals surface area contributed by atoms with Gasteiger partial charge in [0, 0.05) is 5.56 Å². The number of benzene rings is 2. The molecular formula is C13H12BrO3P. The van der Waals surface area contributed by atoms with E-state index in [2.05, 4.69) is 15.5 Å². The molecule has 0 spiro atoms. The molecule has 0 radical (unpaired) electrons. The number of para-hydroxylation sites is 1. The van der Waals surface area contributed by atoms with Gasteiger partial charge in [0.05, 0.1) is 15.5 Å². The van der Waals surface area contributed by atoms with E-state index in [0.717, 1.165) is 16.7 Å². The summed E-state index contributed by atoms with van der Waals surface area (Å²) < 4.78 is 16.3. The predicted molar refractivity (Wildman–Crippen MR) is 76.0 cm³/mol. The van der Waals surface area contributed by atoms with Crippen LogP contribution in [0.15, 0.2) is 48.5 Å². The van der Waals surface area contributed by atoms with Gasteiger partial charge in [0.1, 0.15) is 5.75 Å². The zero-order valence-electron chi connectivity index (χ0n) is 9.71. The van der Waals surface area contributed by atoms with Gasteiger partial charge < -0.3 is 9.42 Å². The number of aryl methyl sites for hydroxylation is 1. The average Bonchev–Trinajstić information content (AvgIpc) is 2.29. The molecule has 0 bridgehead atoms. The van der Waals surface area contributed by atoms with Crippen LogP contribution >= 0.6 is 21.8 Å². The summed E-state index contributed by atoms with van der Waals surface area (Å²) in [6.07, 6.45) is -3.73. The quantitative estimate of drug-likeness (QED) is 0.842. The molecule has 1 N–H and O–H groups in total. The van der Waals surface area contributed by atoms with Crippen molar-refractivity contribution in [2.24, 2.45) is 0 Å². The fraction of sp³-hybridized carbons (Fsp3) is 0.0769. The minimum absolute atomic E-state index is 0.379. The first kappa shape index (κ1) is 13.3. The van der Waals surface area contributed by atoms with E-state index in [-0.39, 0.29) is 0 Å². The summed E-state index contributed by atoms with van der Waals surface area (Å²) in [5.74, 6) is 0.379. The first-order valence-corrected chi connectivity index (χ1v) is 8.93. The lowest BCUT2D eigenvalue weighted by molar-refractivity contribution is 0.405. The van der Waals surface area contributed by atoms with Crippen LogP contribution in [0.4, 0.5) is 0 Å². The van der Waals surface area contributed by atoms with Crippen molar-refractivity contribution in [1.82, 2.24) is 0 Å². The highest BCUT2D eigenvalue weighted by molar-refractivity contribution is 9.39. The minimum atomic E-state index is -3.73. The molecule has 2 aromatic rings. The fourth-order valence-corrected chi connectivity index (χ4v) is 2.51. The Morgan fingerprint density at radius 3 is 2.33 bits per heavy atom. The third-order valence-corrected chi connectivity index (χ3v) is 3.32. The molecule has 94 valence electrons. The van der Waals surface area contributed by atoms with Gasteiger partial charge in [-0.2, -0.15) is 0 Å². The standard InChI is InChI=1S/C13H12BrO3P/c1-10-6-8-11(9-7-10)12-4-2-3-5-13(12)17-18(14,15)16/h2-9H,1H3,(H,15,16). The van der Waals surface area contributed by atoms with Gasteiger partial charge in [0.25, 0.3) is 0 Å². The molecule has 0 aliphatic heterocycles. The Labute approximate surface area is 114 Å². The number of hydrogen-bond acceptors (Lipinski definition) is 2. The highest BCUT2D eigenvalue weighted by Gasteiger charge is 2.17. The van der Waals surface area contributed by atoms with E-state index in [4.69, 9.17) is 4.52 Å². The molecule has 0 fully saturated rings. The monoisotopic (exact) mass is 326 g/mol. The molecular weight excluding hydrogens is 315 g/mol. The molecule has 0 saturated heterocycles. The van der Waals surface area contributed by atoms with Crippen LogP contribution in [-0.2, 0) is 4.57 Å². The molecule has 1 unspecified atom stereocenters. The van der Waals surface area contributed by atoms with Crippen molar-refractivity contribution in [3.8, 4) is 16.9 Å². The van der Waals surface area contributed by atoms with Crippen molar-refractivity contribution < 1.29 is 14.0 Å². The zero-order chi connectivity index (χ0) is 13.2. The molecule has 2 rings (SSSR count). The second kappa shape index (κ2) is 5.27. The Morgan fingerprint density at radius 1 is 1.11 bits per heavy atom. The van der Waals surface area contributed by atoms with Crippen molar-refractivity contribution in [2.45, 2.75) is 6.92 Å². The molecule has 18 heavy (non-hydrogen) atoms. The predicted octanol–water partition coefficient (Wildman–Crippen LogP) is 4.54. The first-order valence-electron chi connectivity index (χ1n) is 5.34. The maximum Gasteiger partial charge on any atom is 0.444 e. The van der Waals surface area contributed by atoms with Crippen LogP contribution in [0.5, 0.6) is 5.75 Å². The fourth-order valence-electron chi connectivity index (χ4n) is 1.64. The Morgan fingerprint density at radius 2 is 1.72 bits per heavy atom. The van der Waals surface area contributed by atoms with Crippen LogP contribution in [0.25, 0.3) is 11.1 Å². The van der Waals surface area contributed by atoms with Crippen LogP contribution in [0.2, 0.25) is 0 Å². The third kappa shape index (κ3) is 3.45. The van der Waals surface area contributed by atoms with Crippen molar-refractivity contribution >= 4 is 21.8 Å². The highest BCUT2D eigenvalue weighted by atomic mass is 79.9. The summed E-state index contributed by atoms with van der Waals surface area (Å²) >= 11 is 2.62. The van der Waals surface area contributed by atoms with Gasteiger partial charge in [-0.25, -0.2) is 4.57 Å². The highest BCUT2D eigenvalue weighted by Crippen LogP contribution is 2.51. The maximum absolute atomic E-state index is 11.3. The number of halogens is 1. The van der Waals surface area contributed by atoms with E-state index in [1.807, 2.05) is 43.3 Å². The molecule has 0 heterocycles. The van der Waals surface area contributed by atoms with Crippen LogP contribution in [0.1, 0.15) is 5.56 Å². The molecule has 0 aromatic heterocycles. The van der Waals surface area contributed by atoms with Gasteiger partial charge in [0.2, 0.25) is 0 Å². The number of rotatable bonds is 3. The summed E-state index contributed by atoms with van der Waals surface area (Å²) in [4.78, 5) is 9.24. The van der Waals surface area contributed by atoms with E-state index < -0.39 is 6.30 Å². The van der Waals surface area contributed by atoms with Gasteiger partial charge >= 0.3 is 6.30 Å². The summed E-state index contributed by atoms with van der Waals surface area (Å²) in [6.45, 7) is 2.01. The Balaban J connectivity index is 2.44. The zero-order valence-corrected chi connectivity index (χ0v) is 12.2. The normalized spacial score (nSPS) is 13.9. The molecule has 0 aliphatic carbocycles. The average molecular weight is 327 g/mol. The van der Waals surface area contributed by atoms with Gasteiger partial charge in [-0.3, -0.25) is 0 Å². The molecule has 0 saturated carbocycles. The topological polar surface area (TPSA) is 46.5 Å². The SMILES string of the molecule is Cc1ccc(-c2ccccc2OP(=O)(O)Br)cc1. The lowest BCUT2D eigenvalue weighted by atomic mass is 10.0. The van der Waals surface area contributed by atoms with Gasteiger partial charge in [-0.05, 0) is 18.6 Å². The van der Waals surface area contributed by atoms with E-state index in [1.54, 1.807) is 12.1 Å². The Bertz CT molecular complexity index is 589. The van der Waals surface area contributed by atoms with Gasteiger partial charge in [-0.15, -0.1) is 0 Å². The van der Waals surface area contributed by atoms with Crippen LogP contribution < -0.4 is 4.52 Å². The van der Waals surface area contributed by atoms with E-state index >= 15 is 0 Å². The Hall–Kier alpha value is -1.09. The van der Waals surface area contributed by atoms with E-state index in [0.29, 0.717) is 5.75 Å². The smallest absolute Gasteiger partial charge is 0.416 e. The second-order valence-corrected chi connectivity index (χ2v) is 7.68. The largest absolute Gasteiger partial charge is 0.444 e. The summed E-state index contributed by atoms with van der Waals surface area (Å²) in [5, 5.41) is 0. The Kier molecular flexibility index (Phi) is 3.91. The minimum Gasteiger partial charge on any atom is -0.416 e. The molecule has 0 aliphatic rings. The summed E-state index contributed by atoms with van der Waals surface area (Å²) in [5.41, 5.74) is 2.88. The molecule has 5 heteroatoms. The van der Waals surface area contributed by atoms with Gasteiger partial charge in [-0.1, -0.05) is 48.0 Å². The lowest BCUT2D eigenvalue weighted by Crippen LogP contribution is -1.89. The second-order valence-electron chi connectivity index (χ2n) is 3.90. The van der Waals surface area contributed by atoms with Crippen molar-refractivity contribution in [3.05, 3.63) is 54.1 Å². The summed E-state index contributed by atoms with van der Waals surface area (Å²) in [6, 6.07) is 15.0.